The van der Waals surface area contributed by atoms with Crippen LogP contribution in [0.15, 0.2) is 30.6 Å². The van der Waals surface area contributed by atoms with Gasteiger partial charge in [-0.3, -0.25) is 4.98 Å². The maximum atomic E-state index is 5.45. The van der Waals surface area contributed by atoms with E-state index in [0.717, 1.165) is 55.1 Å². The molecule has 0 saturated carbocycles. The zero-order valence-corrected chi connectivity index (χ0v) is 14.2. The number of aromatic nitrogens is 4. The summed E-state index contributed by atoms with van der Waals surface area (Å²) in [7, 11) is 2.09. The maximum absolute atomic E-state index is 5.45. The van der Waals surface area contributed by atoms with Gasteiger partial charge in [0.05, 0.1) is 16.9 Å². The topological polar surface area (TPSA) is 52.8 Å². The molecule has 0 unspecified atom stereocenters. The Labute approximate surface area is 141 Å². The van der Waals surface area contributed by atoms with Crippen LogP contribution in [-0.2, 0) is 18.2 Å². The summed E-state index contributed by atoms with van der Waals surface area (Å²) in [5.41, 5.74) is 4.42. The van der Waals surface area contributed by atoms with E-state index < -0.39 is 0 Å². The second-order valence-electron chi connectivity index (χ2n) is 6.57. The van der Waals surface area contributed by atoms with Crippen molar-refractivity contribution in [2.75, 3.05) is 13.2 Å². The third-order valence-electron chi connectivity index (χ3n) is 4.86. The maximum Gasteiger partial charge on any atom is 0.125 e. The molecule has 1 aliphatic heterocycles. The van der Waals surface area contributed by atoms with Gasteiger partial charge in [0.1, 0.15) is 5.82 Å². The quantitative estimate of drug-likeness (QED) is 0.742. The smallest absolute Gasteiger partial charge is 0.125 e. The molecule has 0 radical (unpaired) electrons. The van der Waals surface area contributed by atoms with Crippen LogP contribution in [0.4, 0.5) is 0 Å². The summed E-state index contributed by atoms with van der Waals surface area (Å²) in [5.74, 6) is 1.48. The molecule has 0 N–H and O–H groups in total. The number of ether oxygens (including phenoxy) is 1. The van der Waals surface area contributed by atoms with Crippen molar-refractivity contribution in [3.63, 3.8) is 0 Å². The minimum atomic E-state index is 0.688. The lowest BCUT2D eigenvalue weighted by atomic mass is 9.94. The molecule has 1 saturated heterocycles. The van der Waals surface area contributed by atoms with Gasteiger partial charge in [-0.15, -0.1) is 0 Å². The Morgan fingerprint density at radius 1 is 1.21 bits per heavy atom. The van der Waals surface area contributed by atoms with Crippen molar-refractivity contribution in [2.24, 2.45) is 13.0 Å². The van der Waals surface area contributed by atoms with E-state index in [-0.39, 0.29) is 0 Å². The highest BCUT2D eigenvalue weighted by Gasteiger charge is 2.16. The monoisotopic (exact) mass is 322 g/mol. The standard InChI is InChI=1S/C19H22N4O/c1-13-20-6-3-17(22-13)19-10-15-12-21-16(11-18(15)23(19)2)9-14-4-7-24-8-5-14/h3,6,10-12,14H,4-5,7-9H2,1-2H3. The van der Waals surface area contributed by atoms with E-state index in [2.05, 4.69) is 38.7 Å². The lowest BCUT2D eigenvalue weighted by molar-refractivity contribution is 0.0663. The molecule has 0 aliphatic carbocycles. The SMILES string of the molecule is Cc1nccc(-c2cc3cnc(CC4CCOCC4)cc3n2C)n1. The number of nitrogens with zero attached hydrogens (tertiary/aromatic N) is 4. The van der Waals surface area contributed by atoms with E-state index in [1.54, 1.807) is 0 Å². The number of rotatable bonds is 3. The average Bonchev–Trinajstić information content (AvgIpc) is 2.93. The summed E-state index contributed by atoms with van der Waals surface area (Å²) in [6.45, 7) is 3.68. The number of aryl methyl sites for hydroxylation is 2. The van der Waals surface area contributed by atoms with Gasteiger partial charge >= 0.3 is 0 Å². The zero-order valence-electron chi connectivity index (χ0n) is 14.2. The Balaban J connectivity index is 1.68. The van der Waals surface area contributed by atoms with E-state index in [9.17, 15) is 0 Å². The lowest BCUT2D eigenvalue weighted by Crippen LogP contribution is -2.18. The summed E-state index contributed by atoms with van der Waals surface area (Å²) in [5, 5.41) is 1.15. The molecule has 5 heteroatoms. The van der Waals surface area contributed by atoms with Crippen molar-refractivity contribution in [3.05, 3.63) is 42.1 Å². The number of hydrogen-bond donors (Lipinski definition) is 0. The zero-order chi connectivity index (χ0) is 16.5. The van der Waals surface area contributed by atoms with Crippen LogP contribution in [0, 0.1) is 12.8 Å². The van der Waals surface area contributed by atoms with Crippen LogP contribution in [0.2, 0.25) is 0 Å². The van der Waals surface area contributed by atoms with Crippen LogP contribution in [0.25, 0.3) is 22.3 Å². The molecule has 5 nitrogen and oxygen atoms in total. The summed E-state index contributed by atoms with van der Waals surface area (Å²) in [6.07, 6.45) is 7.11. The molecule has 3 aromatic heterocycles. The van der Waals surface area contributed by atoms with E-state index in [1.165, 1.54) is 11.2 Å². The second kappa shape index (κ2) is 6.32. The molecular formula is C19H22N4O. The van der Waals surface area contributed by atoms with Crippen molar-refractivity contribution in [2.45, 2.75) is 26.2 Å². The van der Waals surface area contributed by atoms with E-state index in [0.29, 0.717) is 5.92 Å². The summed E-state index contributed by atoms with van der Waals surface area (Å²) >= 11 is 0. The van der Waals surface area contributed by atoms with Crippen LogP contribution in [0.1, 0.15) is 24.4 Å². The van der Waals surface area contributed by atoms with Crippen LogP contribution in [0.5, 0.6) is 0 Å². The third kappa shape index (κ3) is 2.91. The Kier molecular flexibility index (Phi) is 4.02. The fourth-order valence-electron chi connectivity index (χ4n) is 3.48. The van der Waals surface area contributed by atoms with Crippen LogP contribution < -0.4 is 0 Å². The van der Waals surface area contributed by atoms with Crippen LogP contribution >= 0.6 is 0 Å². The molecule has 0 aromatic carbocycles. The van der Waals surface area contributed by atoms with Gasteiger partial charge in [-0.05, 0) is 50.3 Å². The van der Waals surface area contributed by atoms with E-state index in [1.807, 2.05) is 25.4 Å². The predicted octanol–water partition coefficient (Wildman–Crippen LogP) is 3.31. The van der Waals surface area contributed by atoms with E-state index in [4.69, 9.17) is 4.74 Å². The number of pyridine rings is 1. The molecule has 4 rings (SSSR count). The Morgan fingerprint density at radius 3 is 2.83 bits per heavy atom. The van der Waals surface area contributed by atoms with Gasteiger partial charge in [0.2, 0.25) is 0 Å². The molecule has 3 aromatic rings. The van der Waals surface area contributed by atoms with Gasteiger partial charge in [-0.1, -0.05) is 0 Å². The van der Waals surface area contributed by atoms with Gasteiger partial charge in [0.15, 0.2) is 0 Å². The number of fused-ring (bicyclic) bond motifs is 1. The van der Waals surface area contributed by atoms with Gasteiger partial charge < -0.3 is 9.30 Å². The van der Waals surface area contributed by atoms with Gasteiger partial charge in [-0.2, -0.15) is 0 Å². The molecule has 4 heterocycles. The summed E-state index contributed by atoms with van der Waals surface area (Å²) < 4.78 is 7.65. The highest BCUT2D eigenvalue weighted by molar-refractivity contribution is 5.85. The summed E-state index contributed by atoms with van der Waals surface area (Å²) in [4.78, 5) is 13.4. The highest BCUT2D eigenvalue weighted by atomic mass is 16.5. The second-order valence-corrected chi connectivity index (χ2v) is 6.57. The minimum Gasteiger partial charge on any atom is -0.381 e. The molecular weight excluding hydrogens is 300 g/mol. The fourth-order valence-corrected chi connectivity index (χ4v) is 3.48. The minimum absolute atomic E-state index is 0.688. The van der Waals surface area contributed by atoms with Crippen molar-refractivity contribution in [1.29, 1.82) is 0 Å². The first kappa shape index (κ1) is 15.3. The molecule has 0 amide bonds. The van der Waals surface area contributed by atoms with E-state index >= 15 is 0 Å². The Bertz CT molecular complexity index is 865. The number of hydrogen-bond acceptors (Lipinski definition) is 4. The third-order valence-corrected chi connectivity index (χ3v) is 4.86. The van der Waals surface area contributed by atoms with Crippen molar-refractivity contribution >= 4 is 10.9 Å². The highest BCUT2D eigenvalue weighted by Crippen LogP contribution is 2.27. The first-order chi connectivity index (χ1) is 11.7. The van der Waals surface area contributed by atoms with Gasteiger partial charge in [0, 0.05) is 43.7 Å². The van der Waals surface area contributed by atoms with Crippen LogP contribution in [-0.4, -0.2) is 32.7 Å². The molecule has 24 heavy (non-hydrogen) atoms. The molecule has 1 aliphatic rings. The van der Waals surface area contributed by atoms with Crippen LogP contribution in [0.3, 0.4) is 0 Å². The molecule has 1 fully saturated rings. The molecule has 124 valence electrons. The fraction of sp³-hybridized carbons (Fsp3) is 0.421. The lowest BCUT2D eigenvalue weighted by Gasteiger charge is -2.21. The van der Waals surface area contributed by atoms with Gasteiger partial charge in [0.25, 0.3) is 0 Å². The van der Waals surface area contributed by atoms with Crippen molar-refractivity contribution in [3.8, 4) is 11.4 Å². The molecule has 0 bridgehead atoms. The molecule has 0 atom stereocenters. The largest absolute Gasteiger partial charge is 0.381 e. The first-order valence-corrected chi connectivity index (χ1v) is 8.53. The molecule has 0 spiro atoms. The average molecular weight is 322 g/mol. The van der Waals surface area contributed by atoms with Crippen molar-refractivity contribution < 1.29 is 4.74 Å². The first-order valence-electron chi connectivity index (χ1n) is 8.53. The van der Waals surface area contributed by atoms with Crippen molar-refractivity contribution in [1.82, 2.24) is 19.5 Å². The predicted molar refractivity (Wildman–Crippen MR) is 93.7 cm³/mol. The summed E-state index contributed by atoms with van der Waals surface area (Å²) in [6, 6.07) is 6.34. The Morgan fingerprint density at radius 2 is 2.04 bits per heavy atom. The Hall–Kier alpha value is -2.27. The normalized spacial score (nSPS) is 15.9. The van der Waals surface area contributed by atoms with Gasteiger partial charge in [-0.25, -0.2) is 9.97 Å².